The molecule has 16 heavy (non-hydrogen) atoms. The van der Waals surface area contributed by atoms with Crippen molar-refractivity contribution in [2.45, 2.75) is 32.7 Å². The first-order chi connectivity index (χ1) is 7.50. The number of Topliss-reactive ketones (excluding diaryl/α,β-unsaturated/α-hetero) is 1. The van der Waals surface area contributed by atoms with Gasteiger partial charge in [-0.1, -0.05) is 24.3 Å². The average Bonchev–Trinajstić information content (AvgIpc) is 2.26. The van der Waals surface area contributed by atoms with E-state index in [-0.39, 0.29) is 11.8 Å². The van der Waals surface area contributed by atoms with Crippen LogP contribution in [0.15, 0.2) is 24.3 Å². The van der Waals surface area contributed by atoms with Gasteiger partial charge < -0.3 is 11.1 Å². The Morgan fingerprint density at radius 1 is 1.38 bits per heavy atom. The van der Waals surface area contributed by atoms with Crippen LogP contribution >= 0.6 is 0 Å². The molecular weight excluding hydrogens is 200 g/mol. The number of hydrogen-bond donors (Lipinski definition) is 2. The Morgan fingerprint density at radius 3 is 2.38 bits per heavy atom. The first-order valence-electron chi connectivity index (χ1n) is 5.43. The Balaban J connectivity index is 2.56. The smallest absolute Gasteiger partial charge is 0.149 e. The van der Waals surface area contributed by atoms with Crippen LogP contribution in [-0.4, -0.2) is 17.5 Å². The molecule has 0 aromatic heterocycles. The van der Waals surface area contributed by atoms with Gasteiger partial charge >= 0.3 is 0 Å². The second-order valence-electron chi connectivity index (χ2n) is 4.08. The van der Waals surface area contributed by atoms with Crippen molar-refractivity contribution in [2.75, 3.05) is 0 Å². The number of carbonyl (C=O) groups is 1. The molecule has 3 nitrogen and oxygen atoms in total. The number of hydrogen-bond acceptors (Lipinski definition) is 3. The lowest BCUT2D eigenvalue weighted by atomic mass is 10.0. The second-order valence-corrected chi connectivity index (χ2v) is 4.08. The molecule has 1 aromatic rings. The maximum atomic E-state index is 11.3. The maximum Gasteiger partial charge on any atom is 0.149 e. The van der Waals surface area contributed by atoms with Gasteiger partial charge in [-0.2, -0.15) is 0 Å². The Bertz CT molecular complexity index is 379. The summed E-state index contributed by atoms with van der Waals surface area (Å²) in [6.45, 7) is 3.47. The fourth-order valence-corrected chi connectivity index (χ4v) is 1.42. The van der Waals surface area contributed by atoms with Gasteiger partial charge in [0.15, 0.2) is 0 Å². The molecule has 3 N–H and O–H groups in total. The van der Waals surface area contributed by atoms with E-state index in [0.29, 0.717) is 12.1 Å². The molecule has 0 aliphatic carbocycles. The van der Waals surface area contributed by atoms with Gasteiger partial charge in [0.1, 0.15) is 5.78 Å². The number of carbonyl (C=O) groups excluding carboxylic acids is 1. The molecule has 0 amide bonds. The Kier molecular flexibility index (Phi) is 4.38. The molecule has 0 heterocycles. The Labute approximate surface area is 96.2 Å². The van der Waals surface area contributed by atoms with Gasteiger partial charge in [0.05, 0.1) is 6.04 Å². The van der Waals surface area contributed by atoms with Gasteiger partial charge in [0.2, 0.25) is 0 Å². The molecule has 1 aromatic carbocycles. The van der Waals surface area contributed by atoms with Crippen molar-refractivity contribution in [3.8, 4) is 0 Å². The number of nitrogens with two attached hydrogens (primary N) is 1. The number of ketones is 1. The van der Waals surface area contributed by atoms with E-state index < -0.39 is 0 Å². The van der Waals surface area contributed by atoms with E-state index in [9.17, 15) is 4.79 Å². The van der Waals surface area contributed by atoms with Gasteiger partial charge in [-0.25, -0.2) is 0 Å². The average molecular weight is 218 g/mol. The van der Waals surface area contributed by atoms with Crippen LogP contribution in [0.4, 0.5) is 0 Å². The molecule has 0 spiro atoms. The largest absolute Gasteiger partial charge is 0.322 e. The van der Waals surface area contributed by atoms with E-state index in [1.807, 2.05) is 24.3 Å². The highest BCUT2D eigenvalue weighted by molar-refractivity contribution is 5.96. The minimum Gasteiger partial charge on any atom is -0.322 e. The number of nitrogens with one attached hydrogen (secondary N) is 1. The summed E-state index contributed by atoms with van der Waals surface area (Å²) in [5, 5.41) is 7.46. The van der Waals surface area contributed by atoms with Gasteiger partial charge in [0.25, 0.3) is 0 Å². The van der Waals surface area contributed by atoms with Crippen molar-refractivity contribution in [2.24, 2.45) is 5.73 Å². The molecule has 0 radical (unpaired) electrons. The third-order valence-electron chi connectivity index (χ3n) is 2.55. The predicted octanol–water partition coefficient (Wildman–Crippen LogP) is 1.92. The molecule has 0 saturated carbocycles. The van der Waals surface area contributed by atoms with E-state index in [1.165, 1.54) is 0 Å². The zero-order valence-electron chi connectivity index (χ0n) is 9.79. The molecule has 0 unspecified atom stereocenters. The zero-order valence-corrected chi connectivity index (χ0v) is 9.79. The molecule has 0 aliphatic heterocycles. The second kappa shape index (κ2) is 5.56. The van der Waals surface area contributed by atoms with Gasteiger partial charge in [-0.3, -0.25) is 4.79 Å². The summed E-state index contributed by atoms with van der Waals surface area (Å²) in [7, 11) is 0. The molecule has 3 heteroatoms. The van der Waals surface area contributed by atoms with Crippen molar-refractivity contribution in [1.82, 2.24) is 0 Å². The van der Waals surface area contributed by atoms with Crippen LogP contribution in [0.1, 0.15) is 31.4 Å². The molecule has 1 rings (SSSR count). The summed E-state index contributed by atoms with van der Waals surface area (Å²) >= 11 is 0. The Hall–Kier alpha value is -1.48. The maximum absolute atomic E-state index is 11.3. The lowest BCUT2D eigenvalue weighted by Gasteiger charge is -2.05. The van der Waals surface area contributed by atoms with Crippen molar-refractivity contribution in [1.29, 1.82) is 5.41 Å². The van der Waals surface area contributed by atoms with Gasteiger partial charge in [-0.15, -0.1) is 0 Å². The lowest BCUT2D eigenvalue weighted by molar-refractivity contribution is -0.119. The summed E-state index contributed by atoms with van der Waals surface area (Å²) in [4.78, 5) is 11.3. The molecule has 0 saturated heterocycles. The third kappa shape index (κ3) is 3.59. The van der Waals surface area contributed by atoms with Crippen LogP contribution in [0.3, 0.4) is 0 Å². The van der Waals surface area contributed by atoms with Crippen molar-refractivity contribution < 1.29 is 4.79 Å². The van der Waals surface area contributed by atoms with Crippen molar-refractivity contribution >= 4 is 11.5 Å². The van der Waals surface area contributed by atoms with Crippen LogP contribution in [0, 0.1) is 5.41 Å². The van der Waals surface area contributed by atoms with Gasteiger partial charge in [0, 0.05) is 12.1 Å². The molecule has 0 bridgehead atoms. The number of benzene rings is 1. The first-order valence-corrected chi connectivity index (χ1v) is 5.43. The fraction of sp³-hybridized carbons (Fsp3) is 0.385. The highest BCUT2D eigenvalue weighted by Gasteiger charge is 2.07. The van der Waals surface area contributed by atoms with Crippen LogP contribution in [0.5, 0.6) is 0 Å². The number of rotatable bonds is 5. The monoisotopic (exact) mass is 218 g/mol. The van der Waals surface area contributed by atoms with Crippen LogP contribution in [0.25, 0.3) is 0 Å². The van der Waals surface area contributed by atoms with E-state index >= 15 is 0 Å². The summed E-state index contributed by atoms with van der Waals surface area (Å²) < 4.78 is 0. The number of aryl methyl sites for hydroxylation is 1. The van der Waals surface area contributed by atoms with E-state index in [2.05, 4.69) is 0 Å². The van der Waals surface area contributed by atoms with Crippen molar-refractivity contribution in [3.05, 3.63) is 35.4 Å². The molecule has 0 fully saturated rings. The first kappa shape index (κ1) is 12.6. The lowest BCUT2D eigenvalue weighted by Crippen LogP contribution is -2.26. The topological polar surface area (TPSA) is 66.9 Å². The summed E-state index contributed by atoms with van der Waals surface area (Å²) in [5.74, 6) is 0.0901. The van der Waals surface area contributed by atoms with Crippen LogP contribution in [0.2, 0.25) is 0 Å². The minimum atomic E-state index is -0.372. The van der Waals surface area contributed by atoms with Crippen LogP contribution in [-0.2, 0) is 11.2 Å². The third-order valence-corrected chi connectivity index (χ3v) is 2.55. The highest BCUT2D eigenvalue weighted by Crippen LogP contribution is 2.08. The molecule has 0 aliphatic rings. The molecule has 86 valence electrons. The molecular formula is C13H18N2O. The van der Waals surface area contributed by atoms with E-state index in [1.54, 1.807) is 13.8 Å². The van der Waals surface area contributed by atoms with E-state index in [0.717, 1.165) is 17.5 Å². The summed E-state index contributed by atoms with van der Waals surface area (Å²) in [6.07, 6.45) is 1.21. The SMILES string of the molecule is CC(=N)c1ccc(CCC(=O)[C@H](C)N)cc1. The fourth-order valence-electron chi connectivity index (χ4n) is 1.42. The standard InChI is InChI=1S/C13H18N2O/c1-9(14)12-6-3-11(4-7-12)5-8-13(16)10(2)15/h3-4,6-7,10,14H,5,8,15H2,1-2H3/t10-/m0/s1. The highest BCUT2D eigenvalue weighted by atomic mass is 16.1. The Morgan fingerprint density at radius 2 is 1.94 bits per heavy atom. The minimum absolute atomic E-state index is 0.0901. The predicted molar refractivity (Wildman–Crippen MR) is 65.9 cm³/mol. The summed E-state index contributed by atoms with van der Waals surface area (Å²) in [6, 6.07) is 7.37. The van der Waals surface area contributed by atoms with Crippen LogP contribution < -0.4 is 5.73 Å². The summed E-state index contributed by atoms with van der Waals surface area (Å²) in [5.41, 5.74) is 8.07. The molecule has 1 atom stereocenters. The van der Waals surface area contributed by atoms with E-state index in [4.69, 9.17) is 11.1 Å². The van der Waals surface area contributed by atoms with Crippen molar-refractivity contribution in [3.63, 3.8) is 0 Å². The zero-order chi connectivity index (χ0) is 12.1. The van der Waals surface area contributed by atoms with Gasteiger partial charge in [-0.05, 0) is 31.4 Å². The quantitative estimate of drug-likeness (QED) is 0.741. The normalized spacial score (nSPS) is 12.2.